The molecule has 1 saturated carbocycles. The lowest BCUT2D eigenvalue weighted by atomic mass is 9.61. The average molecular weight is 204 g/mol. The van der Waals surface area contributed by atoms with Crippen LogP contribution in [0, 0.1) is 17.3 Å². The molecule has 1 aliphatic carbocycles. The fourth-order valence-electron chi connectivity index (χ4n) is 2.79. The lowest BCUT2D eigenvalue weighted by Gasteiger charge is -2.43. The summed E-state index contributed by atoms with van der Waals surface area (Å²) in [5.41, 5.74) is 2.87. The van der Waals surface area contributed by atoms with Crippen LogP contribution in [0.3, 0.4) is 0 Å². The maximum absolute atomic E-state index is 4.14. The van der Waals surface area contributed by atoms with Gasteiger partial charge in [0.1, 0.15) is 0 Å². The summed E-state index contributed by atoms with van der Waals surface area (Å²) in [7, 11) is 0. The molecule has 0 aromatic rings. The molecule has 1 fully saturated rings. The lowest BCUT2D eigenvalue weighted by molar-refractivity contribution is 0.170. The second-order valence-electron chi connectivity index (χ2n) is 5.43. The summed E-state index contributed by atoms with van der Waals surface area (Å²) in [6.07, 6.45) is 5.79. The van der Waals surface area contributed by atoms with E-state index >= 15 is 0 Å². The molecule has 3 atom stereocenters. The fraction of sp³-hybridized carbons (Fsp3) is 0.600. The first-order valence-corrected chi connectivity index (χ1v) is 5.85. The van der Waals surface area contributed by atoms with Gasteiger partial charge in [0.2, 0.25) is 0 Å². The molecule has 0 heterocycles. The van der Waals surface area contributed by atoms with Crippen LogP contribution in [0.5, 0.6) is 0 Å². The minimum Gasteiger partial charge on any atom is -0.103 e. The van der Waals surface area contributed by atoms with E-state index < -0.39 is 0 Å². The van der Waals surface area contributed by atoms with Gasteiger partial charge in [0.05, 0.1) is 0 Å². The Labute approximate surface area is 94.8 Å². The fourth-order valence-corrected chi connectivity index (χ4v) is 2.79. The monoisotopic (exact) mass is 204 g/mol. The zero-order valence-electron chi connectivity index (χ0n) is 10.5. The predicted molar refractivity (Wildman–Crippen MR) is 68.8 cm³/mol. The minimum atomic E-state index is 0.248. The highest BCUT2D eigenvalue weighted by atomic mass is 14.4. The van der Waals surface area contributed by atoms with Crippen molar-refractivity contribution >= 4 is 0 Å². The topological polar surface area (TPSA) is 0 Å². The van der Waals surface area contributed by atoms with Gasteiger partial charge in [-0.2, -0.15) is 0 Å². The molecule has 0 amide bonds. The second-order valence-corrected chi connectivity index (χ2v) is 5.43. The maximum atomic E-state index is 4.14. The van der Waals surface area contributed by atoms with Crippen molar-refractivity contribution in [1.82, 2.24) is 0 Å². The van der Waals surface area contributed by atoms with Crippen molar-refractivity contribution in [3.05, 3.63) is 37.0 Å². The highest BCUT2D eigenvalue weighted by molar-refractivity contribution is 5.15. The van der Waals surface area contributed by atoms with Crippen molar-refractivity contribution in [3.8, 4) is 0 Å². The molecular weight excluding hydrogens is 180 g/mol. The summed E-state index contributed by atoms with van der Waals surface area (Å²) in [6.45, 7) is 18.8. The maximum Gasteiger partial charge on any atom is -0.00836 e. The molecule has 0 radical (unpaired) electrons. The van der Waals surface area contributed by atoms with E-state index in [0.717, 1.165) is 0 Å². The SMILES string of the molecule is C=C[C@@]1(C)CC[C@H](C(=C)C)C[C@H]1C(=C)C. The van der Waals surface area contributed by atoms with Crippen LogP contribution >= 0.6 is 0 Å². The quantitative estimate of drug-likeness (QED) is 0.582. The highest BCUT2D eigenvalue weighted by Gasteiger charge is 2.38. The molecule has 0 aromatic heterocycles. The molecule has 0 heteroatoms. The van der Waals surface area contributed by atoms with Crippen LogP contribution in [-0.2, 0) is 0 Å². The zero-order chi connectivity index (χ0) is 11.6. The van der Waals surface area contributed by atoms with Crippen LogP contribution in [0.1, 0.15) is 40.0 Å². The van der Waals surface area contributed by atoms with Gasteiger partial charge in [-0.25, -0.2) is 0 Å². The van der Waals surface area contributed by atoms with Crippen LogP contribution in [0.25, 0.3) is 0 Å². The van der Waals surface area contributed by atoms with Gasteiger partial charge in [-0.1, -0.05) is 37.3 Å². The van der Waals surface area contributed by atoms with Crippen molar-refractivity contribution in [2.75, 3.05) is 0 Å². The van der Waals surface area contributed by atoms with Gasteiger partial charge in [0.25, 0.3) is 0 Å². The van der Waals surface area contributed by atoms with Crippen molar-refractivity contribution in [2.24, 2.45) is 17.3 Å². The van der Waals surface area contributed by atoms with Crippen molar-refractivity contribution in [2.45, 2.75) is 40.0 Å². The summed E-state index contributed by atoms with van der Waals surface area (Å²) >= 11 is 0. The van der Waals surface area contributed by atoms with Gasteiger partial charge < -0.3 is 0 Å². The molecule has 0 aliphatic heterocycles. The summed E-state index contributed by atoms with van der Waals surface area (Å²) in [6, 6.07) is 0. The highest BCUT2D eigenvalue weighted by Crippen LogP contribution is 2.48. The molecule has 0 bridgehead atoms. The Morgan fingerprint density at radius 2 is 1.87 bits per heavy atom. The smallest absolute Gasteiger partial charge is 0.00836 e. The van der Waals surface area contributed by atoms with Gasteiger partial charge in [0, 0.05) is 0 Å². The Morgan fingerprint density at radius 1 is 1.27 bits per heavy atom. The van der Waals surface area contributed by atoms with Crippen LogP contribution in [0.2, 0.25) is 0 Å². The number of rotatable bonds is 3. The van der Waals surface area contributed by atoms with Crippen LogP contribution in [-0.4, -0.2) is 0 Å². The van der Waals surface area contributed by atoms with E-state index in [4.69, 9.17) is 0 Å². The average Bonchev–Trinajstić information content (AvgIpc) is 2.17. The molecule has 0 nitrogen and oxygen atoms in total. The van der Waals surface area contributed by atoms with E-state index in [0.29, 0.717) is 11.8 Å². The third-order valence-electron chi connectivity index (χ3n) is 4.11. The molecule has 0 unspecified atom stereocenters. The molecule has 1 rings (SSSR count). The Hall–Kier alpha value is -0.780. The summed E-state index contributed by atoms with van der Waals surface area (Å²) in [4.78, 5) is 0. The van der Waals surface area contributed by atoms with E-state index in [1.54, 1.807) is 0 Å². The number of hydrogen-bond acceptors (Lipinski definition) is 0. The molecule has 84 valence electrons. The Bertz CT molecular complexity index is 284. The lowest BCUT2D eigenvalue weighted by Crippen LogP contribution is -2.33. The first-order valence-electron chi connectivity index (χ1n) is 5.85. The zero-order valence-corrected chi connectivity index (χ0v) is 10.5. The van der Waals surface area contributed by atoms with E-state index in [1.807, 2.05) is 0 Å². The number of hydrogen-bond donors (Lipinski definition) is 0. The standard InChI is InChI=1S/C15H24/c1-7-15(6)9-8-13(11(2)3)10-14(15)12(4)5/h7,13-14H,1-2,4,8-10H2,3,5-6H3/t13-,14-,15-/m0/s1. The molecule has 15 heavy (non-hydrogen) atoms. The third-order valence-corrected chi connectivity index (χ3v) is 4.11. The first kappa shape index (κ1) is 12.3. The predicted octanol–water partition coefficient (Wildman–Crippen LogP) is 4.75. The van der Waals surface area contributed by atoms with Crippen molar-refractivity contribution < 1.29 is 0 Å². The second kappa shape index (κ2) is 4.38. The molecule has 0 saturated heterocycles. The van der Waals surface area contributed by atoms with Crippen LogP contribution in [0.4, 0.5) is 0 Å². The Balaban J connectivity index is 2.88. The van der Waals surface area contributed by atoms with E-state index in [9.17, 15) is 0 Å². The van der Waals surface area contributed by atoms with Gasteiger partial charge in [-0.15, -0.1) is 6.58 Å². The van der Waals surface area contributed by atoms with Crippen LogP contribution < -0.4 is 0 Å². The van der Waals surface area contributed by atoms with Crippen LogP contribution in [0.15, 0.2) is 37.0 Å². The Kier molecular flexibility index (Phi) is 3.59. The summed E-state index contributed by atoms with van der Waals surface area (Å²) < 4.78 is 0. The van der Waals surface area contributed by atoms with Gasteiger partial charge >= 0.3 is 0 Å². The largest absolute Gasteiger partial charge is 0.103 e. The molecular formula is C15H24. The Morgan fingerprint density at radius 3 is 2.27 bits per heavy atom. The van der Waals surface area contributed by atoms with Crippen molar-refractivity contribution in [1.29, 1.82) is 0 Å². The minimum absolute atomic E-state index is 0.248. The van der Waals surface area contributed by atoms with E-state index in [1.165, 1.54) is 30.4 Å². The van der Waals surface area contributed by atoms with Gasteiger partial charge in [-0.05, 0) is 50.4 Å². The molecule has 0 N–H and O–H groups in total. The molecule has 0 spiro atoms. The van der Waals surface area contributed by atoms with Gasteiger partial charge in [-0.3, -0.25) is 0 Å². The van der Waals surface area contributed by atoms with E-state index in [-0.39, 0.29) is 5.41 Å². The summed E-state index contributed by atoms with van der Waals surface area (Å²) in [5.74, 6) is 1.25. The third kappa shape index (κ3) is 2.42. The van der Waals surface area contributed by atoms with Crippen molar-refractivity contribution in [3.63, 3.8) is 0 Å². The van der Waals surface area contributed by atoms with Gasteiger partial charge in [0.15, 0.2) is 0 Å². The normalized spacial score (nSPS) is 35.9. The number of allylic oxidation sites excluding steroid dienone is 3. The summed E-state index contributed by atoms with van der Waals surface area (Å²) in [5, 5.41) is 0. The molecule has 1 aliphatic rings. The van der Waals surface area contributed by atoms with E-state index in [2.05, 4.69) is 46.6 Å². The first-order chi connectivity index (χ1) is 6.90. The molecule has 0 aromatic carbocycles.